The summed E-state index contributed by atoms with van der Waals surface area (Å²) >= 11 is 1.57. The summed E-state index contributed by atoms with van der Waals surface area (Å²) in [4.78, 5) is 14.1. The fourth-order valence-corrected chi connectivity index (χ4v) is 2.93. The van der Waals surface area contributed by atoms with Crippen molar-refractivity contribution in [3.8, 4) is 0 Å². The summed E-state index contributed by atoms with van der Waals surface area (Å²) in [5.41, 5.74) is 0.691. The maximum absolute atomic E-state index is 12.5. The zero-order valence-corrected chi connectivity index (χ0v) is 13.0. The van der Waals surface area contributed by atoms with Crippen molar-refractivity contribution >= 4 is 23.1 Å². The predicted octanol–water partition coefficient (Wildman–Crippen LogP) is 4.96. The first-order valence-corrected chi connectivity index (χ1v) is 8.14. The molecular formula is C16H15F3N2OS. The number of nitrogens with one attached hydrogen (secondary N) is 1. The Morgan fingerprint density at radius 1 is 1.22 bits per heavy atom. The van der Waals surface area contributed by atoms with Crippen LogP contribution in [0.4, 0.5) is 23.7 Å². The number of hydrogen-bond donors (Lipinski definition) is 1. The van der Waals surface area contributed by atoms with Gasteiger partial charge in [-0.05, 0) is 59.5 Å². The Hall–Kier alpha value is -2.02. The molecular weight excluding hydrogens is 325 g/mol. The van der Waals surface area contributed by atoms with Crippen LogP contribution in [-0.2, 0) is 12.7 Å². The average Bonchev–Trinajstić information content (AvgIpc) is 3.20. The second-order valence-electron chi connectivity index (χ2n) is 5.50. The van der Waals surface area contributed by atoms with Gasteiger partial charge in [0.1, 0.15) is 0 Å². The fourth-order valence-electron chi connectivity index (χ4n) is 2.27. The number of halogens is 3. The van der Waals surface area contributed by atoms with E-state index in [4.69, 9.17) is 0 Å². The van der Waals surface area contributed by atoms with E-state index in [1.807, 2.05) is 16.8 Å². The van der Waals surface area contributed by atoms with Gasteiger partial charge in [-0.3, -0.25) is 0 Å². The van der Waals surface area contributed by atoms with Gasteiger partial charge in [-0.2, -0.15) is 24.5 Å². The molecule has 1 N–H and O–H groups in total. The van der Waals surface area contributed by atoms with E-state index < -0.39 is 11.7 Å². The van der Waals surface area contributed by atoms with Crippen LogP contribution in [0.25, 0.3) is 0 Å². The molecule has 1 aromatic heterocycles. The summed E-state index contributed by atoms with van der Waals surface area (Å²) in [7, 11) is 0. The molecule has 23 heavy (non-hydrogen) atoms. The molecule has 0 unspecified atom stereocenters. The lowest BCUT2D eigenvalue weighted by atomic mass is 10.2. The third-order valence-electron chi connectivity index (χ3n) is 3.65. The topological polar surface area (TPSA) is 32.3 Å². The number of alkyl halides is 3. The molecule has 0 saturated heterocycles. The van der Waals surface area contributed by atoms with Crippen LogP contribution in [-0.4, -0.2) is 17.0 Å². The van der Waals surface area contributed by atoms with Gasteiger partial charge in [-0.25, -0.2) is 4.79 Å². The molecule has 1 aliphatic carbocycles. The van der Waals surface area contributed by atoms with Crippen LogP contribution in [0.1, 0.15) is 24.0 Å². The summed E-state index contributed by atoms with van der Waals surface area (Å²) in [6, 6.07) is 6.38. The van der Waals surface area contributed by atoms with Crippen LogP contribution in [0.2, 0.25) is 0 Å². The molecule has 1 aliphatic rings. The van der Waals surface area contributed by atoms with Gasteiger partial charge in [0, 0.05) is 18.3 Å². The number of rotatable bonds is 4. The Morgan fingerprint density at radius 3 is 2.43 bits per heavy atom. The highest BCUT2D eigenvalue weighted by molar-refractivity contribution is 7.07. The van der Waals surface area contributed by atoms with Gasteiger partial charge < -0.3 is 10.2 Å². The zero-order valence-electron chi connectivity index (χ0n) is 12.1. The van der Waals surface area contributed by atoms with Gasteiger partial charge in [0.2, 0.25) is 0 Å². The third-order valence-corrected chi connectivity index (χ3v) is 4.38. The first-order valence-electron chi connectivity index (χ1n) is 7.19. The van der Waals surface area contributed by atoms with Crippen molar-refractivity contribution in [1.29, 1.82) is 0 Å². The van der Waals surface area contributed by atoms with Crippen molar-refractivity contribution in [2.45, 2.75) is 31.6 Å². The molecule has 7 heteroatoms. The van der Waals surface area contributed by atoms with Gasteiger partial charge in [-0.1, -0.05) is 0 Å². The number of nitrogens with zero attached hydrogens (tertiary/aromatic N) is 1. The van der Waals surface area contributed by atoms with E-state index in [0.29, 0.717) is 12.2 Å². The summed E-state index contributed by atoms with van der Waals surface area (Å²) < 4.78 is 37.6. The minimum absolute atomic E-state index is 0.212. The van der Waals surface area contributed by atoms with E-state index in [2.05, 4.69) is 5.32 Å². The SMILES string of the molecule is O=C(Nc1ccc(C(F)(F)F)cc1)N(Cc1ccsc1)C1CC1. The van der Waals surface area contributed by atoms with Crippen molar-refractivity contribution in [1.82, 2.24) is 4.90 Å². The van der Waals surface area contributed by atoms with Crippen LogP contribution in [0.15, 0.2) is 41.1 Å². The monoisotopic (exact) mass is 340 g/mol. The maximum Gasteiger partial charge on any atom is 0.416 e. The summed E-state index contributed by atoms with van der Waals surface area (Å²) in [6.45, 7) is 0.515. The Labute approximate surface area is 135 Å². The first kappa shape index (κ1) is 15.9. The van der Waals surface area contributed by atoms with E-state index in [1.54, 1.807) is 16.2 Å². The molecule has 122 valence electrons. The smallest absolute Gasteiger partial charge is 0.317 e. The fraction of sp³-hybridized carbons (Fsp3) is 0.312. The van der Waals surface area contributed by atoms with Crippen LogP contribution in [0.5, 0.6) is 0 Å². The van der Waals surface area contributed by atoms with Gasteiger partial charge in [0.15, 0.2) is 0 Å². The first-order chi connectivity index (χ1) is 10.9. The summed E-state index contributed by atoms with van der Waals surface area (Å²) in [6.07, 6.45) is -2.45. The second kappa shape index (κ2) is 6.23. The summed E-state index contributed by atoms with van der Waals surface area (Å²) in [5, 5.41) is 6.62. The molecule has 3 rings (SSSR count). The lowest BCUT2D eigenvalue weighted by Gasteiger charge is -2.22. The van der Waals surface area contributed by atoms with Crippen molar-refractivity contribution in [3.63, 3.8) is 0 Å². The minimum atomic E-state index is -4.37. The second-order valence-corrected chi connectivity index (χ2v) is 6.28. The van der Waals surface area contributed by atoms with E-state index in [-0.39, 0.29) is 12.1 Å². The number of anilines is 1. The molecule has 0 spiro atoms. The number of carbonyl (C=O) groups excluding carboxylic acids is 1. The molecule has 0 radical (unpaired) electrons. The van der Waals surface area contributed by atoms with E-state index in [9.17, 15) is 18.0 Å². The lowest BCUT2D eigenvalue weighted by molar-refractivity contribution is -0.137. The number of benzene rings is 1. The Balaban J connectivity index is 1.67. The molecule has 0 atom stereocenters. The molecule has 1 aromatic carbocycles. The Morgan fingerprint density at radius 2 is 1.91 bits per heavy atom. The van der Waals surface area contributed by atoms with Gasteiger partial charge in [0.05, 0.1) is 5.56 Å². The highest BCUT2D eigenvalue weighted by Crippen LogP contribution is 2.31. The van der Waals surface area contributed by atoms with Crippen LogP contribution in [0, 0.1) is 0 Å². The normalized spacial score (nSPS) is 14.6. The van der Waals surface area contributed by atoms with Crippen LogP contribution in [0.3, 0.4) is 0 Å². The maximum atomic E-state index is 12.5. The number of carbonyl (C=O) groups is 1. The van der Waals surface area contributed by atoms with Crippen molar-refractivity contribution in [2.75, 3.05) is 5.32 Å². The average molecular weight is 340 g/mol. The van der Waals surface area contributed by atoms with E-state index >= 15 is 0 Å². The van der Waals surface area contributed by atoms with Crippen molar-refractivity contribution in [2.24, 2.45) is 0 Å². The molecule has 1 heterocycles. The molecule has 1 saturated carbocycles. The number of urea groups is 1. The molecule has 0 bridgehead atoms. The van der Waals surface area contributed by atoms with E-state index in [1.165, 1.54) is 12.1 Å². The number of thiophene rings is 1. The number of amides is 2. The third kappa shape index (κ3) is 4.04. The van der Waals surface area contributed by atoms with Crippen molar-refractivity contribution in [3.05, 3.63) is 52.2 Å². The molecule has 1 fully saturated rings. The molecule has 2 aromatic rings. The zero-order chi connectivity index (χ0) is 16.4. The van der Waals surface area contributed by atoms with Gasteiger partial charge in [0.25, 0.3) is 0 Å². The predicted molar refractivity (Wildman–Crippen MR) is 83.3 cm³/mol. The largest absolute Gasteiger partial charge is 0.416 e. The highest BCUT2D eigenvalue weighted by Gasteiger charge is 2.33. The van der Waals surface area contributed by atoms with E-state index in [0.717, 1.165) is 30.5 Å². The molecule has 0 aliphatic heterocycles. The van der Waals surface area contributed by atoms with Crippen molar-refractivity contribution < 1.29 is 18.0 Å². The summed E-state index contributed by atoms with van der Waals surface area (Å²) in [5.74, 6) is 0. The highest BCUT2D eigenvalue weighted by atomic mass is 32.1. The van der Waals surface area contributed by atoms with Crippen LogP contribution < -0.4 is 5.32 Å². The standard InChI is InChI=1S/C16H15F3N2OS/c17-16(18,19)12-1-3-13(4-2-12)20-15(22)21(14-5-6-14)9-11-7-8-23-10-11/h1-4,7-8,10,14H,5-6,9H2,(H,20,22). The van der Waals surface area contributed by atoms with Crippen LogP contribution >= 0.6 is 11.3 Å². The van der Waals surface area contributed by atoms with Gasteiger partial charge >= 0.3 is 12.2 Å². The Bertz CT molecular complexity index is 664. The molecule has 2 amide bonds. The number of hydrogen-bond acceptors (Lipinski definition) is 2. The lowest BCUT2D eigenvalue weighted by Crippen LogP contribution is -2.36. The molecule has 3 nitrogen and oxygen atoms in total. The van der Waals surface area contributed by atoms with Gasteiger partial charge in [-0.15, -0.1) is 0 Å². The Kier molecular flexibility index (Phi) is 4.30. The minimum Gasteiger partial charge on any atom is -0.317 e. The quantitative estimate of drug-likeness (QED) is 0.838.